The average molecular weight is 396 g/mol. The lowest BCUT2D eigenvalue weighted by Gasteiger charge is -2.06. The van der Waals surface area contributed by atoms with Crippen molar-refractivity contribution in [2.24, 2.45) is 0 Å². The normalized spacial score (nSPS) is 10.8. The number of pyridine rings is 1. The largest absolute Gasteiger partial charge is 0.383 e. The standard InChI is InChI=1S/C6H4F2I2N2/c7-5(8)3-4(10)2(9)1-12-6(3)11/h1,5H,(H2,11,12). The van der Waals surface area contributed by atoms with E-state index in [0.717, 1.165) is 0 Å². The Kier molecular flexibility index (Phi) is 3.44. The maximum absolute atomic E-state index is 12.3. The molecular weight excluding hydrogens is 392 g/mol. The maximum atomic E-state index is 12.3. The van der Waals surface area contributed by atoms with Gasteiger partial charge in [0.2, 0.25) is 0 Å². The van der Waals surface area contributed by atoms with Gasteiger partial charge < -0.3 is 5.73 Å². The number of nitrogens with two attached hydrogens (primary N) is 1. The Labute approximate surface area is 95.2 Å². The summed E-state index contributed by atoms with van der Waals surface area (Å²) in [7, 11) is 0. The summed E-state index contributed by atoms with van der Waals surface area (Å²) < 4.78 is 25.9. The van der Waals surface area contributed by atoms with E-state index in [-0.39, 0.29) is 11.4 Å². The Morgan fingerprint density at radius 2 is 2.00 bits per heavy atom. The molecule has 1 aromatic heterocycles. The molecule has 0 radical (unpaired) electrons. The SMILES string of the molecule is Nc1ncc(I)c(I)c1C(F)F. The van der Waals surface area contributed by atoms with Crippen molar-refractivity contribution in [3.63, 3.8) is 0 Å². The van der Waals surface area contributed by atoms with Crippen molar-refractivity contribution in [2.75, 3.05) is 5.73 Å². The molecule has 12 heavy (non-hydrogen) atoms. The molecule has 0 atom stereocenters. The molecular formula is C6H4F2I2N2. The molecule has 0 spiro atoms. The van der Waals surface area contributed by atoms with Crippen molar-refractivity contribution in [1.29, 1.82) is 0 Å². The Hall–Kier alpha value is 0.270. The molecule has 66 valence electrons. The molecule has 0 saturated heterocycles. The summed E-state index contributed by atoms with van der Waals surface area (Å²) in [5.41, 5.74) is 5.13. The lowest BCUT2D eigenvalue weighted by molar-refractivity contribution is 0.151. The number of nitrogens with zero attached hydrogens (tertiary/aromatic N) is 1. The van der Waals surface area contributed by atoms with Crippen molar-refractivity contribution in [1.82, 2.24) is 4.98 Å². The highest BCUT2D eigenvalue weighted by Gasteiger charge is 2.18. The summed E-state index contributed by atoms with van der Waals surface area (Å²) in [5, 5.41) is 0. The number of aromatic nitrogens is 1. The van der Waals surface area contributed by atoms with Crippen molar-refractivity contribution in [3.05, 3.63) is 18.9 Å². The first-order valence-corrected chi connectivity index (χ1v) is 5.07. The van der Waals surface area contributed by atoms with Crippen LogP contribution < -0.4 is 5.73 Å². The van der Waals surface area contributed by atoms with Gasteiger partial charge in [-0.15, -0.1) is 0 Å². The summed E-state index contributed by atoms with van der Waals surface area (Å²) in [6, 6.07) is 0. The van der Waals surface area contributed by atoms with Gasteiger partial charge in [-0.1, -0.05) is 0 Å². The van der Waals surface area contributed by atoms with E-state index in [1.54, 1.807) is 0 Å². The quantitative estimate of drug-likeness (QED) is 0.743. The summed E-state index contributed by atoms with van der Waals surface area (Å²) >= 11 is 3.78. The zero-order valence-electron chi connectivity index (χ0n) is 5.69. The number of hydrogen-bond acceptors (Lipinski definition) is 2. The first kappa shape index (κ1) is 10.4. The van der Waals surface area contributed by atoms with Crippen LogP contribution in [-0.2, 0) is 0 Å². The van der Waals surface area contributed by atoms with E-state index in [1.807, 2.05) is 45.2 Å². The van der Waals surface area contributed by atoms with Crippen LogP contribution in [0, 0.1) is 7.14 Å². The molecule has 0 amide bonds. The second kappa shape index (κ2) is 3.99. The van der Waals surface area contributed by atoms with Crippen LogP contribution in [0.3, 0.4) is 0 Å². The monoisotopic (exact) mass is 396 g/mol. The van der Waals surface area contributed by atoms with Crippen LogP contribution in [0.2, 0.25) is 0 Å². The fourth-order valence-electron chi connectivity index (χ4n) is 0.701. The zero-order chi connectivity index (χ0) is 9.30. The van der Waals surface area contributed by atoms with E-state index in [0.29, 0.717) is 7.14 Å². The number of anilines is 1. The summed E-state index contributed by atoms with van der Waals surface area (Å²) in [4.78, 5) is 3.65. The average Bonchev–Trinajstić information content (AvgIpc) is 1.97. The third-order valence-electron chi connectivity index (χ3n) is 1.26. The van der Waals surface area contributed by atoms with Gasteiger partial charge in [-0.3, -0.25) is 0 Å². The first-order chi connectivity index (χ1) is 5.54. The summed E-state index contributed by atoms with van der Waals surface area (Å²) in [6.45, 7) is 0. The molecule has 1 aromatic rings. The topological polar surface area (TPSA) is 38.9 Å². The molecule has 2 nitrogen and oxygen atoms in total. The van der Waals surface area contributed by atoms with E-state index < -0.39 is 6.43 Å². The molecule has 0 aliphatic rings. The molecule has 0 unspecified atom stereocenters. The minimum atomic E-state index is -2.56. The predicted molar refractivity (Wildman–Crippen MR) is 59.0 cm³/mol. The second-order valence-corrected chi connectivity index (χ2v) is 4.26. The van der Waals surface area contributed by atoms with Gasteiger partial charge in [0.1, 0.15) is 5.82 Å². The second-order valence-electron chi connectivity index (χ2n) is 2.02. The lowest BCUT2D eigenvalue weighted by Crippen LogP contribution is -2.02. The fraction of sp³-hybridized carbons (Fsp3) is 0.167. The van der Waals surface area contributed by atoms with Crippen LogP contribution in [0.5, 0.6) is 0 Å². The van der Waals surface area contributed by atoms with Gasteiger partial charge in [0, 0.05) is 13.3 Å². The van der Waals surface area contributed by atoms with Crippen LogP contribution in [0.25, 0.3) is 0 Å². The van der Waals surface area contributed by atoms with Gasteiger partial charge in [0.05, 0.1) is 5.56 Å². The highest BCUT2D eigenvalue weighted by Crippen LogP contribution is 2.30. The molecule has 2 N–H and O–H groups in total. The number of hydrogen-bond donors (Lipinski definition) is 1. The number of alkyl halides is 2. The van der Waals surface area contributed by atoms with Crippen LogP contribution in [0.1, 0.15) is 12.0 Å². The predicted octanol–water partition coefficient (Wildman–Crippen LogP) is 2.81. The minimum Gasteiger partial charge on any atom is -0.383 e. The number of rotatable bonds is 1. The highest BCUT2D eigenvalue weighted by molar-refractivity contribution is 14.1. The molecule has 0 bridgehead atoms. The molecule has 1 rings (SSSR count). The van der Waals surface area contributed by atoms with Gasteiger partial charge in [-0.25, -0.2) is 13.8 Å². The Morgan fingerprint density at radius 3 is 2.42 bits per heavy atom. The fourth-order valence-corrected chi connectivity index (χ4v) is 1.78. The van der Waals surface area contributed by atoms with Gasteiger partial charge in [0.15, 0.2) is 0 Å². The zero-order valence-corrected chi connectivity index (χ0v) is 10.0. The smallest absolute Gasteiger partial charge is 0.268 e. The summed E-state index contributed by atoms with van der Waals surface area (Å²) in [6.07, 6.45) is -1.08. The van der Waals surface area contributed by atoms with Crippen molar-refractivity contribution in [3.8, 4) is 0 Å². The van der Waals surface area contributed by atoms with E-state index in [4.69, 9.17) is 5.73 Å². The summed E-state index contributed by atoms with van der Waals surface area (Å²) in [5.74, 6) is -0.0881. The van der Waals surface area contributed by atoms with E-state index in [9.17, 15) is 8.78 Å². The Bertz CT molecular complexity index is 304. The number of nitrogen functional groups attached to an aromatic ring is 1. The van der Waals surface area contributed by atoms with Gasteiger partial charge >= 0.3 is 0 Å². The molecule has 0 aliphatic heterocycles. The number of halogens is 4. The third kappa shape index (κ3) is 1.95. The Morgan fingerprint density at radius 1 is 1.42 bits per heavy atom. The first-order valence-electron chi connectivity index (χ1n) is 2.91. The molecule has 0 saturated carbocycles. The van der Waals surface area contributed by atoms with E-state index in [2.05, 4.69) is 4.98 Å². The minimum absolute atomic E-state index is 0.0881. The van der Waals surface area contributed by atoms with Gasteiger partial charge in [0.25, 0.3) is 6.43 Å². The van der Waals surface area contributed by atoms with Gasteiger partial charge in [-0.2, -0.15) is 0 Å². The van der Waals surface area contributed by atoms with Crippen LogP contribution in [0.15, 0.2) is 6.20 Å². The highest BCUT2D eigenvalue weighted by atomic mass is 127. The lowest BCUT2D eigenvalue weighted by atomic mass is 10.3. The van der Waals surface area contributed by atoms with Crippen molar-refractivity contribution < 1.29 is 8.78 Å². The molecule has 0 aliphatic carbocycles. The maximum Gasteiger partial charge on any atom is 0.268 e. The van der Waals surface area contributed by atoms with Crippen molar-refractivity contribution >= 4 is 51.0 Å². The van der Waals surface area contributed by atoms with E-state index >= 15 is 0 Å². The van der Waals surface area contributed by atoms with E-state index in [1.165, 1.54) is 6.20 Å². The Balaban J connectivity index is 3.33. The molecule has 0 aromatic carbocycles. The van der Waals surface area contributed by atoms with Crippen molar-refractivity contribution in [2.45, 2.75) is 6.43 Å². The van der Waals surface area contributed by atoms with Gasteiger partial charge in [-0.05, 0) is 45.2 Å². The van der Waals surface area contributed by atoms with Crippen LogP contribution >= 0.6 is 45.2 Å². The molecule has 1 heterocycles. The molecule has 0 fully saturated rings. The van der Waals surface area contributed by atoms with Crippen LogP contribution in [-0.4, -0.2) is 4.98 Å². The van der Waals surface area contributed by atoms with Crippen LogP contribution in [0.4, 0.5) is 14.6 Å². The third-order valence-corrected chi connectivity index (χ3v) is 4.27. The molecule has 6 heteroatoms.